The van der Waals surface area contributed by atoms with E-state index in [-0.39, 0.29) is 5.25 Å². The van der Waals surface area contributed by atoms with E-state index in [1.165, 1.54) is 22.3 Å². The van der Waals surface area contributed by atoms with E-state index in [0.29, 0.717) is 0 Å². The van der Waals surface area contributed by atoms with E-state index in [1.54, 1.807) is 0 Å². The Labute approximate surface area is 102 Å². The van der Waals surface area contributed by atoms with Gasteiger partial charge >= 0.3 is 0 Å². The van der Waals surface area contributed by atoms with Gasteiger partial charge in [-0.1, -0.05) is 48.5 Å². The molecule has 0 fully saturated rings. The van der Waals surface area contributed by atoms with E-state index in [9.17, 15) is 0 Å². The van der Waals surface area contributed by atoms with Gasteiger partial charge in [0.15, 0.2) is 0 Å². The average Bonchev–Trinajstić information content (AvgIpc) is 2.49. The van der Waals surface area contributed by atoms with Crippen LogP contribution in [-0.4, -0.2) is 0 Å². The smallest absolute Gasteiger partial charge is 0.0521 e. The summed E-state index contributed by atoms with van der Waals surface area (Å²) in [7, 11) is 0. The van der Waals surface area contributed by atoms with E-state index < -0.39 is 0 Å². The molecule has 1 aliphatic rings. The Morgan fingerprint density at radius 1 is 0.750 bits per heavy atom. The average molecular weight is 226 g/mol. The summed E-state index contributed by atoms with van der Waals surface area (Å²) in [5.74, 6) is 0. The summed E-state index contributed by atoms with van der Waals surface area (Å²) in [6, 6.07) is 17.3. The Morgan fingerprint density at radius 2 is 1.19 bits per heavy atom. The molecule has 0 spiro atoms. The summed E-state index contributed by atoms with van der Waals surface area (Å²) in [5.41, 5.74) is 5.63. The van der Waals surface area contributed by atoms with Crippen molar-refractivity contribution in [1.29, 1.82) is 0 Å². The van der Waals surface area contributed by atoms with E-state index >= 15 is 0 Å². The van der Waals surface area contributed by atoms with E-state index in [0.717, 1.165) is 12.8 Å². The lowest BCUT2D eigenvalue weighted by Crippen LogP contribution is -1.96. The summed E-state index contributed by atoms with van der Waals surface area (Å²) in [5, 5.41) is 0.231. The van der Waals surface area contributed by atoms with Gasteiger partial charge in [0.05, 0.1) is 5.25 Å². The molecule has 0 aromatic heterocycles. The Morgan fingerprint density at radius 3 is 1.69 bits per heavy atom. The second kappa shape index (κ2) is 3.99. The van der Waals surface area contributed by atoms with Crippen molar-refractivity contribution in [3.8, 4) is 0 Å². The third-order valence-electron chi connectivity index (χ3n) is 3.36. The lowest BCUT2D eigenvalue weighted by molar-refractivity contribution is 0.965. The molecule has 80 valence electrons. The molecule has 0 radical (unpaired) electrons. The van der Waals surface area contributed by atoms with Crippen LogP contribution in [0.2, 0.25) is 0 Å². The highest BCUT2D eigenvalue weighted by Crippen LogP contribution is 2.36. The molecule has 0 saturated carbocycles. The zero-order chi connectivity index (χ0) is 11.0. The minimum absolute atomic E-state index is 0.231. The number of hydrogen-bond acceptors (Lipinski definition) is 1. The van der Waals surface area contributed by atoms with Crippen LogP contribution in [0.25, 0.3) is 0 Å². The molecule has 0 bridgehead atoms. The molecular formula is C15H14S. The van der Waals surface area contributed by atoms with Crippen molar-refractivity contribution in [2.75, 3.05) is 0 Å². The summed E-state index contributed by atoms with van der Waals surface area (Å²) >= 11 is 4.79. The highest BCUT2D eigenvalue weighted by Gasteiger charge is 2.19. The minimum Gasteiger partial charge on any atom is -0.166 e. The first kappa shape index (κ1) is 9.98. The zero-order valence-corrected chi connectivity index (χ0v) is 9.95. The SMILES string of the molecule is SC1c2ccccc2CCc2ccccc21. The molecule has 0 saturated heterocycles. The van der Waals surface area contributed by atoms with Crippen molar-refractivity contribution in [2.45, 2.75) is 18.1 Å². The summed E-state index contributed by atoms with van der Waals surface area (Å²) < 4.78 is 0. The van der Waals surface area contributed by atoms with Crippen LogP contribution in [0.5, 0.6) is 0 Å². The highest BCUT2D eigenvalue weighted by molar-refractivity contribution is 7.80. The second-order valence-corrected chi connectivity index (χ2v) is 4.82. The maximum absolute atomic E-state index is 4.79. The number of fused-ring (bicyclic) bond motifs is 2. The largest absolute Gasteiger partial charge is 0.166 e. The second-order valence-electron chi connectivity index (χ2n) is 4.30. The van der Waals surface area contributed by atoms with Gasteiger partial charge in [0.25, 0.3) is 0 Å². The summed E-state index contributed by atoms with van der Waals surface area (Å²) in [6.45, 7) is 0. The van der Waals surface area contributed by atoms with E-state index in [2.05, 4.69) is 48.5 Å². The number of thiol groups is 1. The third-order valence-corrected chi connectivity index (χ3v) is 3.92. The van der Waals surface area contributed by atoms with Crippen LogP contribution >= 0.6 is 12.6 Å². The predicted octanol–water partition coefficient (Wildman–Crippen LogP) is 3.80. The topological polar surface area (TPSA) is 0 Å². The monoisotopic (exact) mass is 226 g/mol. The Kier molecular flexibility index (Phi) is 2.49. The molecule has 2 aromatic rings. The maximum atomic E-state index is 4.79. The van der Waals surface area contributed by atoms with Gasteiger partial charge in [-0.25, -0.2) is 0 Å². The number of aryl methyl sites for hydroxylation is 2. The molecule has 16 heavy (non-hydrogen) atoms. The first-order valence-corrected chi connectivity index (χ1v) is 6.21. The Bertz CT molecular complexity index is 469. The molecule has 0 atom stereocenters. The molecule has 1 heteroatoms. The standard InChI is InChI=1S/C15H14S/c16-15-13-7-3-1-5-11(13)9-10-12-6-2-4-8-14(12)15/h1-8,15-16H,9-10H2. The third kappa shape index (κ3) is 1.56. The van der Waals surface area contributed by atoms with Gasteiger partial charge in [0.2, 0.25) is 0 Å². The number of benzene rings is 2. The molecule has 0 heterocycles. The molecule has 0 aliphatic heterocycles. The summed E-state index contributed by atoms with van der Waals surface area (Å²) in [4.78, 5) is 0. The number of hydrogen-bond donors (Lipinski definition) is 1. The van der Waals surface area contributed by atoms with Gasteiger partial charge in [-0.15, -0.1) is 0 Å². The van der Waals surface area contributed by atoms with Gasteiger partial charge in [-0.2, -0.15) is 12.6 Å². The zero-order valence-electron chi connectivity index (χ0n) is 9.06. The van der Waals surface area contributed by atoms with Crippen LogP contribution in [0.4, 0.5) is 0 Å². The lowest BCUT2D eigenvalue weighted by atomic mass is 10.00. The van der Waals surface area contributed by atoms with Crippen LogP contribution in [0.1, 0.15) is 27.5 Å². The van der Waals surface area contributed by atoms with Crippen LogP contribution in [0.3, 0.4) is 0 Å². The minimum atomic E-state index is 0.231. The van der Waals surface area contributed by atoms with Crippen molar-refractivity contribution in [3.63, 3.8) is 0 Å². The van der Waals surface area contributed by atoms with Crippen LogP contribution < -0.4 is 0 Å². The van der Waals surface area contributed by atoms with Crippen molar-refractivity contribution >= 4 is 12.6 Å². The first-order chi connectivity index (χ1) is 7.86. The molecule has 1 aliphatic carbocycles. The molecular weight excluding hydrogens is 212 g/mol. The number of rotatable bonds is 0. The van der Waals surface area contributed by atoms with Crippen LogP contribution in [0, 0.1) is 0 Å². The van der Waals surface area contributed by atoms with Crippen molar-refractivity contribution in [1.82, 2.24) is 0 Å². The van der Waals surface area contributed by atoms with Crippen LogP contribution in [0.15, 0.2) is 48.5 Å². The molecule has 0 unspecified atom stereocenters. The molecule has 0 amide bonds. The normalized spacial score (nSPS) is 15.1. The Balaban J connectivity index is 2.18. The summed E-state index contributed by atoms with van der Waals surface area (Å²) in [6.07, 6.45) is 2.26. The Hall–Kier alpha value is -1.21. The molecule has 3 rings (SSSR count). The van der Waals surface area contributed by atoms with Gasteiger partial charge in [-0.3, -0.25) is 0 Å². The van der Waals surface area contributed by atoms with Gasteiger partial charge in [0, 0.05) is 0 Å². The van der Waals surface area contributed by atoms with Crippen molar-refractivity contribution in [3.05, 3.63) is 70.8 Å². The van der Waals surface area contributed by atoms with Gasteiger partial charge in [0.1, 0.15) is 0 Å². The maximum Gasteiger partial charge on any atom is 0.0521 e. The predicted molar refractivity (Wildman–Crippen MR) is 71.1 cm³/mol. The van der Waals surface area contributed by atoms with Crippen molar-refractivity contribution in [2.24, 2.45) is 0 Å². The first-order valence-electron chi connectivity index (χ1n) is 5.70. The molecule has 0 nitrogen and oxygen atoms in total. The van der Waals surface area contributed by atoms with Gasteiger partial charge < -0.3 is 0 Å². The quantitative estimate of drug-likeness (QED) is 0.649. The fourth-order valence-electron chi connectivity index (χ4n) is 2.49. The molecule has 0 N–H and O–H groups in total. The van der Waals surface area contributed by atoms with E-state index in [1.807, 2.05) is 0 Å². The fourth-order valence-corrected chi connectivity index (χ4v) is 3.00. The van der Waals surface area contributed by atoms with Crippen molar-refractivity contribution < 1.29 is 0 Å². The lowest BCUT2D eigenvalue weighted by Gasteiger charge is -2.14. The van der Waals surface area contributed by atoms with Gasteiger partial charge in [-0.05, 0) is 35.1 Å². The van der Waals surface area contributed by atoms with Crippen LogP contribution in [-0.2, 0) is 12.8 Å². The highest BCUT2D eigenvalue weighted by atomic mass is 32.1. The fraction of sp³-hybridized carbons (Fsp3) is 0.200. The molecule has 2 aromatic carbocycles. The van der Waals surface area contributed by atoms with E-state index in [4.69, 9.17) is 12.6 Å².